The first-order valence-corrected chi connectivity index (χ1v) is 2.78. The second-order valence-electron chi connectivity index (χ2n) is 0.0583. The van der Waals surface area contributed by atoms with Gasteiger partial charge in [0.15, 0.2) is 0 Å². The van der Waals surface area contributed by atoms with Crippen LogP contribution in [0, 0.1) is 0 Å². The van der Waals surface area contributed by atoms with Crippen LogP contribution in [-0.4, -0.2) is 18.9 Å². The minimum absolute atomic E-state index is 0. The molecule has 37 valence electrons. The maximum Gasteiger partial charge on any atom is 0.0523 e. The van der Waals surface area contributed by atoms with Crippen molar-refractivity contribution in [2.75, 3.05) is 0 Å². The summed E-state index contributed by atoms with van der Waals surface area (Å²) in [5.41, 5.74) is 0. The van der Waals surface area contributed by atoms with Crippen LogP contribution in [0.15, 0.2) is 0 Å². The van der Waals surface area contributed by atoms with Crippen molar-refractivity contribution < 1.29 is 0 Å². The fourth-order valence-electron chi connectivity index (χ4n) is 0. The zero-order chi connectivity index (χ0) is 2.71. The van der Waals surface area contributed by atoms with Crippen LogP contribution in [0.4, 0.5) is 0 Å². The van der Waals surface area contributed by atoms with Gasteiger partial charge in [-0.1, -0.05) is 0 Å². The van der Waals surface area contributed by atoms with Gasteiger partial charge in [0.2, 0.25) is 0 Å². The molecule has 0 aromatic carbocycles. The second-order valence-corrected chi connectivity index (χ2v) is 1.57. The van der Waals surface area contributed by atoms with E-state index in [4.69, 9.17) is 0 Å². The van der Waals surface area contributed by atoms with Crippen molar-refractivity contribution in [3.05, 3.63) is 0 Å². The first-order chi connectivity index (χ1) is 1.41. The number of hydrogen-bond acceptors (Lipinski definition) is 1. The first kappa shape index (κ1) is 23.9. The van der Waals surface area contributed by atoms with Gasteiger partial charge >= 0.3 is 0 Å². The van der Waals surface area contributed by atoms with Crippen molar-refractivity contribution >= 4 is 73.8 Å². The third-order valence-electron chi connectivity index (χ3n) is 0. The van der Waals surface area contributed by atoms with Gasteiger partial charge in [-0.05, 0) is 21.4 Å². The molecule has 0 aliphatic rings. The molecule has 0 aromatic heterocycles. The zero-order valence-electron chi connectivity index (χ0n) is 3.37. The van der Waals surface area contributed by atoms with Gasteiger partial charge in [-0.15, -0.1) is 0 Å². The van der Waals surface area contributed by atoms with Crippen molar-refractivity contribution in [1.29, 1.82) is 0 Å². The Balaban J connectivity index is -0.00000000667. The summed E-state index contributed by atoms with van der Waals surface area (Å²) >= 11 is 0. The molecule has 1 unspecified atom stereocenters. The van der Waals surface area contributed by atoms with Crippen LogP contribution in [0.5, 0.6) is 0 Å². The topological polar surface area (TPSA) is 0 Å². The van der Waals surface area contributed by atoms with Gasteiger partial charge in [-0.25, -0.2) is 0 Å². The van der Waals surface area contributed by atoms with E-state index in [-0.39, 0.29) is 42.3 Å². The van der Waals surface area contributed by atoms with Crippen LogP contribution in [0.25, 0.3) is 0 Å². The van der Waals surface area contributed by atoms with E-state index in [1.54, 1.807) is 0 Å². The average molecular weight is 178 g/mol. The predicted molar refractivity (Wildman–Crippen MR) is 46.5 cm³/mol. The Morgan fingerprint density at radius 3 is 1.17 bits per heavy atom. The molecule has 0 N–H and O–H groups in total. The van der Waals surface area contributed by atoms with Crippen molar-refractivity contribution in [3.8, 4) is 0 Å². The van der Waals surface area contributed by atoms with Gasteiger partial charge in [-0.2, -0.15) is 23.4 Å². The Labute approximate surface area is 73.4 Å². The number of hydrogen-bond donors (Lipinski definition) is 0. The fourth-order valence-corrected chi connectivity index (χ4v) is 0. The van der Waals surface area contributed by atoms with Crippen molar-refractivity contribution in [2.45, 2.75) is 0 Å². The average Bonchev–Trinajstić information content (AvgIpc) is 0.918. The largest absolute Gasteiger partial charge is 0.197 e. The minimum Gasteiger partial charge on any atom is -0.197 e. The molecule has 0 aliphatic heterocycles. The van der Waals surface area contributed by atoms with Crippen molar-refractivity contribution in [1.82, 2.24) is 0 Å². The second kappa shape index (κ2) is 26.6. The van der Waals surface area contributed by atoms with E-state index in [2.05, 4.69) is 21.4 Å². The van der Waals surface area contributed by atoms with E-state index in [9.17, 15) is 0 Å². The van der Waals surface area contributed by atoms with Crippen LogP contribution < -0.4 is 0 Å². The Morgan fingerprint density at radius 1 is 1.17 bits per heavy atom. The molecule has 0 bridgehead atoms. The van der Waals surface area contributed by atoms with E-state index >= 15 is 0 Å². The fraction of sp³-hybridized carbons (Fsp3) is 0. The molecule has 0 saturated carbocycles. The maximum absolute atomic E-state index is 4.68. The summed E-state index contributed by atoms with van der Waals surface area (Å²) in [4.78, 5) is 0. The summed E-state index contributed by atoms with van der Waals surface area (Å²) < 4.78 is 0. The molecular weight excluding hydrogens is 173 g/mol. The summed E-state index contributed by atoms with van der Waals surface area (Å²) in [5, 5.41) is 0. The molecule has 0 fully saturated rings. The standard InChI is InChI=1S/Cl2S.Li.H3P.H2S/c1-3-2;;;/h;;1H3;1H2. The molecule has 1 atom stereocenters. The summed E-state index contributed by atoms with van der Waals surface area (Å²) in [6, 6.07) is 0. The van der Waals surface area contributed by atoms with E-state index in [1.165, 1.54) is 0 Å². The van der Waals surface area contributed by atoms with Gasteiger partial charge in [0.25, 0.3) is 0 Å². The van der Waals surface area contributed by atoms with Gasteiger partial charge in [-0.3, -0.25) is 0 Å². The molecule has 6 heavy (non-hydrogen) atoms. The molecule has 0 heterocycles. The Morgan fingerprint density at radius 2 is 1.17 bits per heavy atom. The maximum atomic E-state index is 4.68. The van der Waals surface area contributed by atoms with Crippen molar-refractivity contribution in [3.63, 3.8) is 0 Å². The van der Waals surface area contributed by atoms with Crippen molar-refractivity contribution in [2.24, 2.45) is 0 Å². The van der Waals surface area contributed by atoms with Gasteiger partial charge in [0.1, 0.15) is 0 Å². The molecule has 0 spiro atoms. The SMILES string of the molecule is ClSCl.P.S.[Li]. The van der Waals surface area contributed by atoms with E-state index in [1.807, 2.05) is 0 Å². The van der Waals surface area contributed by atoms with Gasteiger partial charge in [0, 0.05) is 18.9 Å². The monoisotopic (exact) mass is 177 g/mol. The van der Waals surface area contributed by atoms with Gasteiger partial charge in [0.05, 0.1) is 10.2 Å². The third kappa shape index (κ3) is 33.4. The normalized spacial score (nSPS) is 3.00. The quantitative estimate of drug-likeness (QED) is 0.402. The molecular formula is H5Cl2LiPS2. The molecule has 0 aromatic rings. The summed E-state index contributed by atoms with van der Waals surface area (Å²) in [5.74, 6) is 0. The molecule has 0 rings (SSSR count). The van der Waals surface area contributed by atoms with Crippen LogP contribution >= 0.6 is 54.9 Å². The third-order valence-corrected chi connectivity index (χ3v) is 0. The predicted octanol–water partition coefficient (Wildman–Crippen LogP) is 1.82. The molecule has 0 amide bonds. The molecule has 0 nitrogen and oxygen atoms in total. The minimum atomic E-state index is 0. The van der Waals surface area contributed by atoms with E-state index in [0.717, 1.165) is 0 Å². The molecule has 0 saturated heterocycles. The van der Waals surface area contributed by atoms with Crippen LogP contribution in [0.3, 0.4) is 0 Å². The zero-order valence-corrected chi connectivity index (χ0v) is 8.11. The summed E-state index contributed by atoms with van der Waals surface area (Å²) in [6.07, 6.45) is 0. The number of halogens is 2. The van der Waals surface area contributed by atoms with E-state index < -0.39 is 0 Å². The van der Waals surface area contributed by atoms with E-state index in [0.29, 0.717) is 10.2 Å². The molecule has 1 radical (unpaired) electrons. The van der Waals surface area contributed by atoms with Crippen LogP contribution in [0.2, 0.25) is 0 Å². The summed E-state index contributed by atoms with van der Waals surface area (Å²) in [6.45, 7) is 0. The van der Waals surface area contributed by atoms with Gasteiger partial charge < -0.3 is 0 Å². The molecule has 0 aliphatic carbocycles. The van der Waals surface area contributed by atoms with Crippen LogP contribution in [0.1, 0.15) is 0 Å². The first-order valence-electron chi connectivity index (χ1n) is 0.309. The Hall–Kier alpha value is 2.31. The Bertz CT molecular complexity index is 11.5. The summed E-state index contributed by atoms with van der Waals surface area (Å²) in [7, 11) is 10.1. The Kier molecular flexibility index (Phi) is 106. The van der Waals surface area contributed by atoms with Crippen LogP contribution in [-0.2, 0) is 0 Å². The number of rotatable bonds is 0. The molecule has 6 heteroatoms. The smallest absolute Gasteiger partial charge is 0.0523 e.